The van der Waals surface area contributed by atoms with Crippen molar-refractivity contribution in [2.75, 3.05) is 13.1 Å². The third-order valence-electron chi connectivity index (χ3n) is 3.05. The van der Waals surface area contributed by atoms with Crippen molar-refractivity contribution in [3.63, 3.8) is 0 Å². The number of nitrogens with zero attached hydrogens (tertiary/aromatic N) is 1. The van der Waals surface area contributed by atoms with Crippen molar-refractivity contribution >= 4 is 11.5 Å². The fourth-order valence-corrected chi connectivity index (χ4v) is 2.13. The number of rotatable bonds is 3. The van der Waals surface area contributed by atoms with E-state index < -0.39 is 0 Å². The predicted molar refractivity (Wildman–Crippen MR) is 69.0 cm³/mol. The lowest BCUT2D eigenvalue weighted by Crippen LogP contribution is -2.26. The molecule has 1 aliphatic rings. The molecule has 2 N–H and O–H groups in total. The number of amides is 1. The van der Waals surface area contributed by atoms with Crippen molar-refractivity contribution in [1.82, 2.24) is 4.90 Å². The molecular formula is C14H18N2O. The maximum Gasteiger partial charge on any atom is 0.250 e. The molecule has 1 aromatic rings. The van der Waals surface area contributed by atoms with Gasteiger partial charge in [0.2, 0.25) is 0 Å². The highest BCUT2D eigenvalue weighted by molar-refractivity contribution is 6.18. The highest BCUT2D eigenvalue weighted by Gasteiger charge is 2.12. The van der Waals surface area contributed by atoms with E-state index in [-0.39, 0.29) is 5.91 Å². The van der Waals surface area contributed by atoms with E-state index in [0.717, 1.165) is 18.7 Å². The molecule has 3 heteroatoms. The average molecular weight is 230 g/mol. The van der Waals surface area contributed by atoms with Crippen LogP contribution < -0.4 is 5.73 Å². The molecule has 1 heterocycles. The second-order valence-corrected chi connectivity index (χ2v) is 4.37. The highest BCUT2D eigenvalue weighted by atomic mass is 16.1. The van der Waals surface area contributed by atoms with Crippen LogP contribution in [0.1, 0.15) is 24.8 Å². The molecule has 1 aliphatic heterocycles. The second-order valence-electron chi connectivity index (χ2n) is 4.37. The Bertz CT molecular complexity index is 405. The van der Waals surface area contributed by atoms with Crippen LogP contribution >= 0.6 is 0 Å². The zero-order chi connectivity index (χ0) is 12.1. The van der Waals surface area contributed by atoms with Crippen LogP contribution in [0.4, 0.5) is 0 Å². The van der Waals surface area contributed by atoms with Gasteiger partial charge in [-0.15, -0.1) is 0 Å². The number of carbonyl (C=O) groups is 1. The molecule has 0 spiro atoms. The van der Waals surface area contributed by atoms with Gasteiger partial charge in [0, 0.05) is 19.3 Å². The highest BCUT2D eigenvalue weighted by Crippen LogP contribution is 2.17. The van der Waals surface area contributed by atoms with Crippen LogP contribution in [0.2, 0.25) is 0 Å². The molecular weight excluding hydrogens is 212 g/mol. The molecule has 1 fully saturated rings. The monoisotopic (exact) mass is 230 g/mol. The zero-order valence-electron chi connectivity index (χ0n) is 9.93. The summed E-state index contributed by atoms with van der Waals surface area (Å²) in [7, 11) is 0. The summed E-state index contributed by atoms with van der Waals surface area (Å²) >= 11 is 0. The van der Waals surface area contributed by atoms with E-state index in [1.165, 1.54) is 19.3 Å². The molecule has 0 saturated carbocycles. The van der Waals surface area contributed by atoms with Gasteiger partial charge in [-0.2, -0.15) is 0 Å². The lowest BCUT2D eigenvalue weighted by atomic mass is 10.1. The molecule has 2 rings (SSSR count). The SMILES string of the molecule is NC(=O)C(=CN1CCCCC1)c1ccccc1. The maximum absolute atomic E-state index is 11.5. The lowest BCUT2D eigenvalue weighted by Gasteiger charge is -2.25. The second kappa shape index (κ2) is 5.53. The Morgan fingerprint density at radius 3 is 2.35 bits per heavy atom. The summed E-state index contributed by atoms with van der Waals surface area (Å²) in [5, 5.41) is 0. The molecule has 0 atom stereocenters. The minimum absolute atomic E-state index is 0.359. The Labute approximate surface area is 102 Å². The average Bonchev–Trinajstić information content (AvgIpc) is 2.38. The van der Waals surface area contributed by atoms with E-state index in [1.54, 1.807) is 0 Å². The van der Waals surface area contributed by atoms with E-state index in [4.69, 9.17) is 5.73 Å². The van der Waals surface area contributed by atoms with Crippen LogP contribution in [-0.2, 0) is 4.79 Å². The Kier molecular flexibility index (Phi) is 3.81. The van der Waals surface area contributed by atoms with E-state index in [0.29, 0.717) is 5.57 Å². The van der Waals surface area contributed by atoms with Gasteiger partial charge >= 0.3 is 0 Å². The van der Waals surface area contributed by atoms with Gasteiger partial charge in [0.1, 0.15) is 0 Å². The summed E-state index contributed by atoms with van der Waals surface area (Å²) in [6.45, 7) is 2.03. The Morgan fingerprint density at radius 2 is 1.76 bits per heavy atom. The minimum Gasteiger partial charge on any atom is -0.377 e. The summed E-state index contributed by atoms with van der Waals surface area (Å²) in [5.41, 5.74) is 6.95. The molecule has 0 bridgehead atoms. The van der Waals surface area contributed by atoms with E-state index in [2.05, 4.69) is 4.90 Å². The van der Waals surface area contributed by atoms with Gasteiger partial charge in [-0.3, -0.25) is 4.79 Å². The molecule has 0 unspecified atom stereocenters. The minimum atomic E-state index is -0.359. The van der Waals surface area contributed by atoms with Crippen molar-refractivity contribution in [3.8, 4) is 0 Å². The zero-order valence-corrected chi connectivity index (χ0v) is 9.93. The first-order valence-electron chi connectivity index (χ1n) is 6.08. The van der Waals surface area contributed by atoms with Gasteiger partial charge in [0.25, 0.3) is 5.91 Å². The number of carbonyl (C=O) groups excluding carboxylic acids is 1. The van der Waals surface area contributed by atoms with Gasteiger partial charge in [-0.05, 0) is 24.8 Å². The molecule has 0 radical (unpaired) electrons. The van der Waals surface area contributed by atoms with Crippen molar-refractivity contribution in [3.05, 3.63) is 42.1 Å². The smallest absolute Gasteiger partial charge is 0.250 e. The van der Waals surface area contributed by atoms with Crippen LogP contribution in [0, 0.1) is 0 Å². The van der Waals surface area contributed by atoms with Crippen molar-refractivity contribution < 1.29 is 4.79 Å². The molecule has 0 aliphatic carbocycles. The summed E-state index contributed by atoms with van der Waals surface area (Å²) in [4.78, 5) is 13.7. The third-order valence-corrected chi connectivity index (χ3v) is 3.05. The Morgan fingerprint density at radius 1 is 1.12 bits per heavy atom. The normalized spacial score (nSPS) is 16.9. The quantitative estimate of drug-likeness (QED) is 0.807. The predicted octanol–water partition coefficient (Wildman–Crippen LogP) is 2.00. The van der Waals surface area contributed by atoms with Gasteiger partial charge in [-0.25, -0.2) is 0 Å². The molecule has 0 aromatic heterocycles. The van der Waals surface area contributed by atoms with Gasteiger partial charge < -0.3 is 10.6 Å². The van der Waals surface area contributed by atoms with Crippen LogP contribution in [0.5, 0.6) is 0 Å². The Hall–Kier alpha value is -1.77. The van der Waals surface area contributed by atoms with E-state index >= 15 is 0 Å². The number of primary amides is 1. The number of hydrogen-bond donors (Lipinski definition) is 1. The number of benzene rings is 1. The van der Waals surface area contributed by atoms with Crippen molar-refractivity contribution in [1.29, 1.82) is 0 Å². The fourth-order valence-electron chi connectivity index (χ4n) is 2.13. The number of nitrogens with two attached hydrogens (primary N) is 1. The number of piperidine rings is 1. The topological polar surface area (TPSA) is 46.3 Å². The van der Waals surface area contributed by atoms with E-state index in [9.17, 15) is 4.79 Å². The first kappa shape index (κ1) is 11.7. The summed E-state index contributed by atoms with van der Waals surface area (Å²) < 4.78 is 0. The Balaban J connectivity index is 2.22. The molecule has 1 aromatic carbocycles. The standard InChI is InChI=1S/C14H18N2O/c15-14(17)13(12-7-3-1-4-8-12)11-16-9-5-2-6-10-16/h1,3-4,7-8,11H,2,5-6,9-10H2,(H2,15,17). The number of hydrogen-bond acceptors (Lipinski definition) is 2. The number of likely N-dealkylation sites (tertiary alicyclic amines) is 1. The van der Waals surface area contributed by atoms with Gasteiger partial charge in [0.05, 0.1) is 5.57 Å². The third kappa shape index (κ3) is 3.09. The van der Waals surface area contributed by atoms with Crippen molar-refractivity contribution in [2.45, 2.75) is 19.3 Å². The molecule has 90 valence electrons. The van der Waals surface area contributed by atoms with E-state index in [1.807, 2.05) is 36.5 Å². The molecule has 1 amide bonds. The summed E-state index contributed by atoms with van der Waals surface area (Å²) in [6.07, 6.45) is 5.58. The summed E-state index contributed by atoms with van der Waals surface area (Å²) in [6, 6.07) is 9.61. The van der Waals surface area contributed by atoms with Gasteiger partial charge in [0.15, 0.2) is 0 Å². The lowest BCUT2D eigenvalue weighted by molar-refractivity contribution is -0.112. The largest absolute Gasteiger partial charge is 0.377 e. The summed E-state index contributed by atoms with van der Waals surface area (Å²) in [5.74, 6) is -0.359. The fraction of sp³-hybridized carbons (Fsp3) is 0.357. The van der Waals surface area contributed by atoms with Crippen LogP contribution in [0.15, 0.2) is 36.5 Å². The van der Waals surface area contributed by atoms with Crippen LogP contribution in [0.3, 0.4) is 0 Å². The van der Waals surface area contributed by atoms with Crippen LogP contribution in [-0.4, -0.2) is 23.9 Å². The van der Waals surface area contributed by atoms with Crippen molar-refractivity contribution in [2.24, 2.45) is 5.73 Å². The first-order valence-corrected chi connectivity index (χ1v) is 6.08. The first-order chi connectivity index (χ1) is 8.27. The van der Waals surface area contributed by atoms with Gasteiger partial charge in [-0.1, -0.05) is 30.3 Å². The van der Waals surface area contributed by atoms with Crippen LogP contribution in [0.25, 0.3) is 5.57 Å². The molecule has 1 saturated heterocycles. The maximum atomic E-state index is 11.5. The molecule has 17 heavy (non-hydrogen) atoms. The molecule has 3 nitrogen and oxygen atoms in total.